The molecular weight excluding hydrogens is 387 g/mol. The summed E-state index contributed by atoms with van der Waals surface area (Å²) in [6.07, 6.45) is -0.0638. The van der Waals surface area contributed by atoms with E-state index in [4.69, 9.17) is 0 Å². The lowest BCUT2D eigenvalue weighted by Gasteiger charge is -2.09. The van der Waals surface area contributed by atoms with Gasteiger partial charge in [-0.05, 0) is 61.4 Å². The third-order valence-electron chi connectivity index (χ3n) is 4.52. The number of benzene rings is 2. The minimum absolute atomic E-state index is 0.0231. The van der Waals surface area contributed by atoms with Crippen molar-refractivity contribution in [2.45, 2.75) is 26.8 Å². The predicted octanol–water partition coefficient (Wildman–Crippen LogP) is 3.28. The summed E-state index contributed by atoms with van der Waals surface area (Å²) in [7, 11) is 0. The highest BCUT2D eigenvalue weighted by Gasteiger charge is 2.12. The van der Waals surface area contributed by atoms with Crippen LogP contribution >= 0.6 is 0 Å². The van der Waals surface area contributed by atoms with Crippen molar-refractivity contribution < 1.29 is 14.0 Å². The molecule has 8 heteroatoms. The molecule has 0 aliphatic carbocycles. The topological polar surface area (TPSA) is 93.1 Å². The maximum absolute atomic E-state index is 13.2. The number of nitrogens with one attached hydrogen (secondary N) is 2. The van der Waals surface area contributed by atoms with Crippen LogP contribution in [0.4, 0.5) is 15.8 Å². The van der Waals surface area contributed by atoms with Gasteiger partial charge < -0.3 is 10.6 Å². The van der Waals surface area contributed by atoms with Crippen molar-refractivity contribution in [2.24, 2.45) is 0 Å². The fraction of sp³-hybridized carbons (Fsp3) is 0.182. The molecule has 30 heavy (non-hydrogen) atoms. The first-order chi connectivity index (χ1) is 14.3. The fourth-order valence-corrected chi connectivity index (χ4v) is 2.74. The standard InChI is InChI=1S/C22H21FN4O3/c1-14-6-7-18(12-15(14)2)25-22(30)19-8-9-21(29)27(26-19)11-10-20(28)24-17-5-3-4-16(23)13-17/h3-9,12-13H,10-11H2,1-2H3,(H,24,28)(H,25,30). The molecule has 0 aliphatic rings. The van der Waals surface area contributed by atoms with Crippen LogP contribution in [0, 0.1) is 19.7 Å². The summed E-state index contributed by atoms with van der Waals surface area (Å²) in [4.78, 5) is 36.6. The summed E-state index contributed by atoms with van der Waals surface area (Å²) in [5, 5.41) is 9.35. The molecule has 3 aromatic rings. The minimum Gasteiger partial charge on any atom is -0.326 e. The Balaban J connectivity index is 1.65. The lowest BCUT2D eigenvalue weighted by atomic mass is 10.1. The van der Waals surface area contributed by atoms with Gasteiger partial charge in [0.2, 0.25) is 5.91 Å². The van der Waals surface area contributed by atoms with Gasteiger partial charge in [-0.15, -0.1) is 0 Å². The second-order valence-electron chi connectivity index (χ2n) is 6.84. The van der Waals surface area contributed by atoms with Crippen LogP contribution in [-0.2, 0) is 11.3 Å². The van der Waals surface area contributed by atoms with Crippen LogP contribution in [0.3, 0.4) is 0 Å². The zero-order valence-corrected chi connectivity index (χ0v) is 16.6. The van der Waals surface area contributed by atoms with Gasteiger partial charge in [-0.25, -0.2) is 9.07 Å². The van der Waals surface area contributed by atoms with Gasteiger partial charge in [0.25, 0.3) is 11.5 Å². The number of anilines is 2. The summed E-state index contributed by atoms with van der Waals surface area (Å²) < 4.78 is 14.3. The second-order valence-corrected chi connectivity index (χ2v) is 6.84. The Morgan fingerprint density at radius 2 is 1.73 bits per heavy atom. The van der Waals surface area contributed by atoms with Crippen molar-refractivity contribution in [1.29, 1.82) is 0 Å². The second kappa shape index (κ2) is 9.13. The molecule has 0 fully saturated rings. The third-order valence-corrected chi connectivity index (χ3v) is 4.52. The number of rotatable bonds is 6. The molecule has 2 N–H and O–H groups in total. The van der Waals surface area contributed by atoms with E-state index in [2.05, 4.69) is 15.7 Å². The van der Waals surface area contributed by atoms with E-state index >= 15 is 0 Å². The SMILES string of the molecule is Cc1ccc(NC(=O)c2ccc(=O)n(CCC(=O)Nc3cccc(F)c3)n2)cc1C. The lowest BCUT2D eigenvalue weighted by Crippen LogP contribution is -2.28. The first-order valence-corrected chi connectivity index (χ1v) is 9.34. The van der Waals surface area contributed by atoms with E-state index in [-0.39, 0.29) is 18.7 Å². The Bertz CT molecular complexity index is 1160. The van der Waals surface area contributed by atoms with Gasteiger partial charge in [0.1, 0.15) is 11.5 Å². The Kier molecular flexibility index (Phi) is 6.36. The molecule has 1 aromatic heterocycles. The number of carbonyl (C=O) groups is 2. The summed E-state index contributed by atoms with van der Waals surface area (Å²) in [5.74, 6) is -1.33. The van der Waals surface area contributed by atoms with E-state index in [0.29, 0.717) is 11.4 Å². The number of aromatic nitrogens is 2. The Labute approximate surface area is 172 Å². The average molecular weight is 408 g/mol. The summed E-state index contributed by atoms with van der Waals surface area (Å²) >= 11 is 0. The highest BCUT2D eigenvalue weighted by molar-refractivity contribution is 6.02. The van der Waals surface area contributed by atoms with Crippen molar-refractivity contribution in [2.75, 3.05) is 10.6 Å². The predicted molar refractivity (Wildman–Crippen MR) is 112 cm³/mol. The summed E-state index contributed by atoms with van der Waals surface area (Å²) in [6, 6.07) is 13.6. The number of nitrogens with zero attached hydrogens (tertiary/aromatic N) is 2. The monoisotopic (exact) mass is 408 g/mol. The van der Waals surface area contributed by atoms with Gasteiger partial charge in [0.05, 0.1) is 6.54 Å². The van der Waals surface area contributed by atoms with Crippen LogP contribution < -0.4 is 16.2 Å². The molecule has 7 nitrogen and oxygen atoms in total. The van der Waals surface area contributed by atoms with Crippen LogP contribution in [0.15, 0.2) is 59.4 Å². The van der Waals surface area contributed by atoms with E-state index < -0.39 is 23.2 Å². The van der Waals surface area contributed by atoms with Crippen LogP contribution in [0.5, 0.6) is 0 Å². The molecule has 154 valence electrons. The fourth-order valence-electron chi connectivity index (χ4n) is 2.74. The van der Waals surface area contributed by atoms with Crippen molar-refractivity contribution >= 4 is 23.2 Å². The van der Waals surface area contributed by atoms with Crippen LogP contribution in [0.1, 0.15) is 28.0 Å². The molecule has 3 rings (SSSR count). The maximum atomic E-state index is 13.2. The molecule has 0 atom stereocenters. The van der Waals surface area contributed by atoms with Gasteiger partial charge in [-0.1, -0.05) is 12.1 Å². The van der Waals surface area contributed by atoms with Gasteiger partial charge in [-0.2, -0.15) is 5.10 Å². The summed E-state index contributed by atoms with van der Waals surface area (Å²) in [5.41, 5.74) is 2.71. The van der Waals surface area contributed by atoms with Crippen LogP contribution in [-0.4, -0.2) is 21.6 Å². The number of hydrogen-bond donors (Lipinski definition) is 2. The van der Waals surface area contributed by atoms with Crippen molar-refractivity contribution in [3.63, 3.8) is 0 Å². The average Bonchev–Trinajstić information content (AvgIpc) is 2.70. The largest absolute Gasteiger partial charge is 0.326 e. The molecule has 0 radical (unpaired) electrons. The van der Waals surface area contributed by atoms with Gasteiger partial charge >= 0.3 is 0 Å². The number of aryl methyl sites for hydroxylation is 3. The molecule has 0 saturated heterocycles. The maximum Gasteiger partial charge on any atom is 0.276 e. The van der Waals surface area contributed by atoms with E-state index in [1.807, 2.05) is 26.0 Å². The Morgan fingerprint density at radius 3 is 2.47 bits per heavy atom. The molecule has 2 aromatic carbocycles. The Morgan fingerprint density at radius 1 is 0.967 bits per heavy atom. The molecule has 0 saturated carbocycles. The van der Waals surface area contributed by atoms with Crippen LogP contribution in [0.25, 0.3) is 0 Å². The van der Waals surface area contributed by atoms with Crippen LogP contribution in [0.2, 0.25) is 0 Å². The van der Waals surface area contributed by atoms with E-state index in [0.717, 1.165) is 15.8 Å². The van der Waals surface area contributed by atoms with E-state index in [9.17, 15) is 18.8 Å². The number of halogens is 1. The van der Waals surface area contributed by atoms with Gasteiger partial charge in [-0.3, -0.25) is 14.4 Å². The number of carbonyl (C=O) groups excluding carboxylic acids is 2. The number of hydrogen-bond acceptors (Lipinski definition) is 4. The first-order valence-electron chi connectivity index (χ1n) is 9.34. The van der Waals surface area contributed by atoms with Crippen molar-refractivity contribution in [3.8, 4) is 0 Å². The molecule has 2 amide bonds. The quantitative estimate of drug-likeness (QED) is 0.655. The van der Waals surface area contributed by atoms with Gasteiger partial charge in [0, 0.05) is 23.9 Å². The zero-order chi connectivity index (χ0) is 21.7. The molecule has 0 aliphatic heterocycles. The number of amides is 2. The molecule has 1 heterocycles. The summed E-state index contributed by atoms with van der Waals surface area (Å²) in [6.45, 7) is 3.89. The van der Waals surface area contributed by atoms with Crippen molar-refractivity contribution in [1.82, 2.24) is 9.78 Å². The molecular formula is C22H21FN4O3. The Hall–Kier alpha value is -3.81. The minimum atomic E-state index is -0.465. The third kappa shape index (κ3) is 5.38. The lowest BCUT2D eigenvalue weighted by molar-refractivity contribution is -0.116. The van der Waals surface area contributed by atoms with Gasteiger partial charge in [0.15, 0.2) is 0 Å². The highest BCUT2D eigenvalue weighted by Crippen LogP contribution is 2.15. The first kappa shape index (κ1) is 20.9. The highest BCUT2D eigenvalue weighted by atomic mass is 19.1. The smallest absolute Gasteiger partial charge is 0.276 e. The molecule has 0 bridgehead atoms. The zero-order valence-electron chi connectivity index (χ0n) is 16.6. The van der Waals surface area contributed by atoms with E-state index in [1.165, 1.54) is 30.3 Å². The normalized spacial score (nSPS) is 10.5. The van der Waals surface area contributed by atoms with E-state index in [1.54, 1.807) is 12.1 Å². The molecule has 0 unspecified atom stereocenters. The molecule has 0 spiro atoms. The van der Waals surface area contributed by atoms with Crippen molar-refractivity contribution in [3.05, 3.63) is 87.6 Å².